The molecule has 1 amide bonds. The summed E-state index contributed by atoms with van der Waals surface area (Å²) in [6.45, 7) is 2.28. The van der Waals surface area contributed by atoms with Gasteiger partial charge in [0, 0.05) is 26.7 Å². The minimum atomic E-state index is -0.762. The molecule has 10 nitrogen and oxygen atoms in total. The third-order valence-corrected chi connectivity index (χ3v) is 4.28. The number of likely N-dealkylation sites (N-methyl/N-ethyl adjacent to an activating group) is 1. The summed E-state index contributed by atoms with van der Waals surface area (Å²) in [5.41, 5.74) is 0.530. The summed E-state index contributed by atoms with van der Waals surface area (Å²) in [4.78, 5) is 25.9. The number of fused-ring (bicyclic) bond motifs is 1. The van der Waals surface area contributed by atoms with E-state index in [1.54, 1.807) is 19.2 Å². The van der Waals surface area contributed by atoms with Crippen molar-refractivity contribution in [2.24, 2.45) is 0 Å². The van der Waals surface area contributed by atoms with Gasteiger partial charge in [-0.05, 0) is 19.1 Å². The fourth-order valence-corrected chi connectivity index (χ4v) is 2.74. The lowest BCUT2D eigenvalue weighted by molar-refractivity contribution is -0.143. The molecule has 0 aliphatic heterocycles. The number of carbonyl (C=O) groups is 1. The molecule has 0 saturated carbocycles. The van der Waals surface area contributed by atoms with Crippen LogP contribution >= 0.6 is 0 Å². The summed E-state index contributed by atoms with van der Waals surface area (Å²) < 4.78 is 27.6. The Kier molecular flexibility index (Phi) is 6.35. The minimum absolute atomic E-state index is 0.0178. The molecule has 10 heteroatoms. The molecule has 29 heavy (non-hydrogen) atoms. The highest BCUT2D eigenvalue weighted by Gasteiger charge is 2.20. The Morgan fingerprint density at radius 1 is 1.28 bits per heavy atom. The molecule has 2 heterocycles. The zero-order valence-electron chi connectivity index (χ0n) is 16.7. The number of furan rings is 1. The smallest absolute Gasteiger partial charge is 0.437 e. The molecule has 0 unspecified atom stereocenters. The van der Waals surface area contributed by atoms with Gasteiger partial charge in [-0.15, -0.1) is 5.10 Å². The van der Waals surface area contributed by atoms with Gasteiger partial charge in [0.2, 0.25) is 5.91 Å². The van der Waals surface area contributed by atoms with E-state index < -0.39 is 12.0 Å². The van der Waals surface area contributed by atoms with Crippen molar-refractivity contribution in [1.82, 2.24) is 14.7 Å². The Morgan fingerprint density at radius 3 is 2.72 bits per heavy atom. The largest absolute Gasteiger partial charge is 0.490 e. The zero-order valence-corrected chi connectivity index (χ0v) is 16.7. The van der Waals surface area contributed by atoms with Gasteiger partial charge >= 0.3 is 5.76 Å². The summed E-state index contributed by atoms with van der Waals surface area (Å²) in [5.74, 6) is -0.282. The van der Waals surface area contributed by atoms with E-state index >= 15 is 0 Å². The highest BCUT2D eigenvalue weighted by atomic mass is 16.7. The van der Waals surface area contributed by atoms with Crippen LogP contribution in [0.15, 0.2) is 37.9 Å². The number of rotatable bonds is 9. The van der Waals surface area contributed by atoms with Crippen LogP contribution in [-0.2, 0) is 20.8 Å². The summed E-state index contributed by atoms with van der Waals surface area (Å²) in [7, 11) is 4.53. The van der Waals surface area contributed by atoms with Crippen molar-refractivity contribution < 1.29 is 27.8 Å². The molecule has 0 bridgehead atoms. The molecule has 1 aromatic carbocycles. The molecule has 0 fully saturated rings. The number of aromatic nitrogens is 2. The number of hydrogen-bond donors (Lipinski definition) is 0. The summed E-state index contributed by atoms with van der Waals surface area (Å²) in [6, 6.07) is 7.17. The van der Waals surface area contributed by atoms with E-state index in [0.717, 1.165) is 10.1 Å². The van der Waals surface area contributed by atoms with Gasteiger partial charge in [0.1, 0.15) is 6.54 Å². The van der Waals surface area contributed by atoms with Gasteiger partial charge in [-0.1, -0.05) is 12.1 Å². The second-order valence-electron chi connectivity index (χ2n) is 6.22. The Labute approximate surface area is 166 Å². The Balaban J connectivity index is 1.80. The van der Waals surface area contributed by atoms with E-state index in [0.29, 0.717) is 17.9 Å². The lowest BCUT2D eigenvalue weighted by atomic mass is 10.2. The van der Waals surface area contributed by atoms with Gasteiger partial charge in [0.05, 0.1) is 13.2 Å². The van der Waals surface area contributed by atoms with E-state index in [4.69, 9.17) is 23.0 Å². The Bertz CT molecular complexity index is 1030. The van der Waals surface area contributed by atoms with Crippen LogP contribution in [0.5, 0.6) is 5.75 Å². The van der Waals surface area contributed by atoms with Crippen molar-refractivity contribution >= 4 is 16.9 Å². The molecular formula is C19H23N3O7. The van der Waals surface area contributed by atoms with Crippen LogP contribution in [0.25, 0.3) is 22.6 Å². The first kappa shape index (κ1) is 20.6. The van der Waals surface area contributed by atoms with Gasteiger partial charge in [0.25, 0.3) is 5.89 Å². The van der Waals surface area contributed by atoms with Crippen molar-refractivity contribution in [3.8, 4) is 17.4 Å². The molecule has 0 N–H and O–H groups in total. The number of ether oxygens (including phenoxy) is 3. The Hall–Kier alpha value is -3.11. The van der Waals surface area contributed by atoms with E-state index in [2.05, 4.69) is 5.10 Å². The maximum atomic E-state index is 12.4. The first-order valence-corrected chi connectivity index (χ1v) is 9.00. The normalized spacial score (nSPS) is 11.3. The predicted octanol–water partition coefficient (Wildman–Crippen LogP) is 1.73. The van der Waals surface area contributed by atoms with Crippen LogP contribution in [0.2, 0.25) is 0 Å². The van der Waals surface area contributed by atoms with Crippen LogP contribution in [0.3, 0.4) is 0 Å². The van der Waals surface area contributed by atoms with Crippen LogP contribution in [0.4, 0.5) is 0 Å². The summed E-state index contributed by atoms with van der Waals surface area (Å²) >= 11 is 0. The first-order valence-electron chi connectivity index (χ1n) is 9.00. The molecule has 0 radical (unpaired) electrons. The monoisotopic (exact) mass is 405 g/mol. The van der Waals surface area contributed by atoms with Crippen LogP contribution < -0.4 is 10.5 Å². The third-order valence-electron chi connectivity index (χ3n) is 4.28. The highest BCUT2D eigenvalue weighted by molar-refractivity contribution is 5.86. The minimum Gasteiger partial charge on any atom is -0.490 e. The number of methoxy groups -OCH3 is 2. The molecule has 0 saturated heterocycles. The molecule has 3 rings (SSSR count). The summed E-state index contributed by atoms with van der Waals surface area (Å²) in [6.07, 6.45) is -0.566. The SMILES string of the molecule is CCOc1cccc2cc(-c3nn(CC(=O)N(C)CC(OC)OC)c(=O)o3)oc12. The fourth-order valence-electron chi connectivity index (χ4n) is 2.74. The molecule has 0 spiro atoms. The maximum absolute atomic E-state index is 12.4. The van der Waals surface area contributed by atoms with E-state index in [1.165, 1.54) is 19.1 Å². The number of hydrogen-bond acceptors (Lipinski definition) is 8. The van der Waals surface area contributed by atoms with Gasteiger partial charge in [-0.25, -0.2) is 4.79 Å². The quantitative estimate of drug-likeness (QED) is 0.495. The number of carbonyl (C=O) groups excluding carboxylic acids is 1. The lowest BCUT2D eigenvalue weighted by Gasteiger charge is -2.21. The van der Waals surface area contributed by atoms with Gasteiger partial charge in [-0.3, -0.25) is 4.79 Å². The molecule has 3 aromatic rings. The first-order chi connectivity index (χ1) is 14.0. The van der Waals surface area contributed by atoms with Crippen molar-refractivity contribution in [2.45, 2.75) is 19.8 Å². The average molecular weight is 405 g/mol. The molecular weight excluding hydrogens is 382 g/mol. The van der Waals surface area contributed by atoms with E-state index in [1.807, 2.05) is 19.1 Å². The topological polar surface area (TPSA) is 109 Å². The second-order valence-corrected chi connectivity index (χ2v) is 6.22. The van der Waals surface area contributed by atoms with Crippen molar-refractivity contribution in [2.75, 3.05) is 34.4 Å². The van der Waals surface area contributed by atoms with Crippen LogP contribution in [0.1, 0.15) is 6.92 Å². The summed E-state index contributed by atoms with van der Waals surface area (Å²) in [5, 5.41) is 4.87. The molecule has 0 atom stereocenters. The number of benzene rings is 1. The van der Waals surface area contributed by atoms with Crippen LogP contribution in [-0.4, -0.2) is 61.3 Å². The molecule has 156 valence electrons. The second kappa shape index (κ2) is 8.93. The third kappa shape index (κ3) is 4.49. The van der Waals surface area contributed by atoms with Crippen molar-refractivity contribution in [3.63, 3.8) is 0 Å². The van der Waals surface area contributed by atoms with E-state index in [-0.39, 0.29) is 30.6 Å². The maximum Gasteiger partial charge on any atom is 0.437 e. The zero-order chi connectivity index (χ0) is 21.0. The molecule has 0 aliphatic rings. The predicted molar refractivity (Wildman–Crippen MR) is 103 cm³/mol. The molecule has 2 aromatic heterocycles. The van der Waals surface area contributed by atoms with E-state index in [9.17, 15) is 9.59 Å². The number of amides is 1. The van der Waals surface area contributed by atoms with Gasteiger partial charge in [-0.2, -0.15) is 4.68 Å². The van der Waals surface area contributed by atoms with Crippen molar-refractivity contribution in [3.05, 3.63) is 34.8 Å². The number of nitrogens with zero attached hydrogens (tertiary/aromatic N) is 3. The fraction of sp³-hybridized carbons (Fsp3) is 0.421. The van der Waals surface area contributed by atoms with Gasteiger partial charge in [0.15, 0.2) is 23.4 Å². The average Bonchev–Trinajstić information content (AvgIpc) is 3.30. The van der Waals surface area contributed by atoms with Gasteiger partial charge < -0.3 is 27.9 Å². The standard InChI is InChI=1S/C19H23N3O7/c1-5-27-13-8-6-7-12-9-14(28-17(12)13)18-20-22(19(24)29-18)10-15(23)21(2)11-16(25-3)26-4/h6-9,16H,5,10-11H2,1-4H3. The van der Waals surface area contributed by atoms with Crippen molar-refractivity contribution in [1.29, 1.82) is 0 Å². The lowest BCUT2D eigenvalue weighted by Crippen LogP contribution is -2.39. The Morgan fingerprint density at radius 2 is 2.03 bits per heavy atom. The van der Waals surface area contributed by atoms with Crippen LogP contribution in [0, 0.1) is 0 Å². The number of para-hydroxylation sites is 1. The highest BCUT2D eigenvalue weighted by Crippen LogP contribution is 2.32. The molecule has 0 aliphatic carbocycles.